The van der Waals surface area contributed by atoms with Crippen LogP contribution in [0.15, 0.2) is 59.8 Å². The summed E-state index contributed by atoms with van der Waals surface area (Å²) in [6, 6.07) is 17.1. The molecule has 3 rings (SSSR count). The maximum absolute atomic E-state index is 12.5. The third-order valence-corrected chi connectivity index (χ3v) is 5.57. The number of amides is 1. The molecule has 156 valence electrons. The van der Waals surface area contributed by atoms with Gasteiger partial charge in [0.05, 0.1) is 5.75 Å². The molecule has 0 fully saturated rings. The molecule has 0 spiro atoms. The summed E-state index contributed by atoms with van der Waals surface area (Å²) in [6.07, 6.45) is 1.17. The van der Waals surface area contributed by atoms with Gasteiger partial charge in [-0.05, 0) is 35.7 Å². The minimum absolute atomic E-state index is 0.00710. The summed E-state index contributed by atoms with van der Waals surface area (Å²) in [6.45, 7) is 4.00. The smallest absolute Gasteiger partial charge is 0.224 e. The van der Waals surface area contributed by atoms with Crippen molar-refractivity contribution in [2.75, 3.05) is 11.1 Å². The summed E-state index contributed by atoms with van der Waals surface area (Å²) in [4.78, 5) is 24.4. The minimum atomic E-state index is -0.0202. The highest BCUT2D eigenvalue weighted by Gasteiger charge is 2.13. The second-order valence-electron chi connectivity index (χ2n) is 7.56. The minimum Gasteiger partial charge on any atom is -0.326 e. The zero-order valence-corrected chi connectivity index (χ0v) is 18.3. The molecule has 1 N–H and O–H groups in total. The van der Waals surface area contributed by atoms with Crippen LogP contribution in [0.5, 0.6) is 0 Å². The van der Waals surface area contributed by atoms with E-state index in [0.29, 0.717) is 35.2 Å². The van der Waals surface area contributed by atoms with E-state index in [1.807, 2.05) is 43.7 Å². The Morgan fingerprint density at radius 3 is 2.40 bits per heavy atom. The van der Waals surface area contributed by atoms with Crippen LogP contribution in [0, 0.1) is 5.92 Å². The van der Waals surface area contributed by atoms with Gasteiger partial charge >= 0.3 is 0 Å². The lowest BCUT2D eigenvalue weighted by Gasteiger charge is -2.08. The zero-order valence-electron chi connectivity index (χ0n) is 17.5. The van der Waals surface area contributed by atoms with Gasteiger partial charge in [0, 0.05) is 31.1 Å². The fraction of sp³-hybridized carbons (Fsp3) is 0.304. The highest BCUT2D eigenvalue weighted by molar-refractivity contribution is 7.99. The van der Waals surface area contributed by atoms with Crippen LogP contribution in [-0.2, 0) is 18.3 Å². The Hall–Kier alpha value is -2.93. The third kappa shape index (κ3) is 6.03. The summed E-state index contributed by atoms with van der Waals surface area (Å²) < 4.78 is 1.93. The monoisotopic (exact) mass is 422 g/mol. The van der Waals surface area contributed by atoms with Gasteiger partial charge in [-0.2, -0.15) is 0 Å². The first-order valence-corrected chi connectivity index (χ1v) is 10.9. The summed E-state index contributed by atoms with van der Waals surface area (Å²) in [5.41, 5.74) is 2.47. The molecule has 0 radical (unpaired) electrons. The predicted molar refractivity (Wildman–Crippen MR) is 120 cm³/mol. The van der Waals surface area contributed by atoms with Crippen molar-refractivity contribution < 1.29 is 9.59 Å². The number of carbonyl (C=O) groups excluding carboxylic acids is 2. The molecule has 1 amide bonds. The van der Waals surface area contributed by atoms with Crippen molar-refractivity contribution in [3.63, 3.8) is 0 Å². The first kappa shape index (κ1) is 21.8. The fourth-order valence-corrected chi connectivity index (χ4v) is 3.76. The number of carbonyl (C=O) groups is 2. The average Bonchev–Trinajstić information content (AvgIpc) is 3.06. The number of ketones is 1. The molecule has 0 saturated carbocycles. The Morgan fingerprint density at radius 2 is 1.73 bits per heavy atom. The molecule has 0 unspecified atom stereocenters. The van der Waals surface area contributed by atoms with Gasteiger partial charge in [0.2, 0.25) is 5.91 Å². The predicted octanol–water partition coefficient (Wildman–Crippen LogP) is 4.37. The summed E-state index contributed by atoms with van der Waals surface area (Å²) in [7, 11) is 1.92. The molecular formula is C23H26N4O2S. The van der Waals surface area contributed by atoms with E-state index in [9.17, 15) is 9.59 Å². The van der Waals surface area contributed by atoms with Crippen LogP contribution in [0.1, 0.15) is 42.0 Å². The van der Waals surface area contributed by atoms with Crippen LogP contribution >= 0.6 is 11.8 Å². The van der Waals surface area contributed by atoms with Crippen LogP contribution in [0.4, 0.5) is 5.69 Å². The maximum Gasteiger partial charge on any atom is 0.224 e. The quantitative estimate of drug-likeness (QED) is 0.409. The van der Waals surface area contributed by atoms with E-state index >= 15 is 0 Å². The Balaban J connectivity index is 1.55. The lowest BCUT2D eigenvalue weighted by atomic mass is 10.1. The highest BCUT2D eigenvalue weighted by Crippen LogP contribution is 2.20. The van der Waals surface area contributed by atoms with Gasteiger partial charge in [0.1, 0.15) is 5.82 Å². The Labute approximate surface area is 181 Å². The highest BCUT2D eigenvalue weighted by atomic mass is 32.2. The Bertz CT molecular complexity index is 998. The second-order valence-corrected chi connectivity index (χ2v) is 8.50. The Kier molecular flexibility index (Phi) is 7.41. The van der Waals surface area contributed by atoms with E-state index in [1.54, 1.807) is 24.3 Å². The van der Waals surface area contributed by atoms with Crippen molar-refractivity contribution in [2.24, 2.45) is 13.0 Å². The van der Waals surface area contributed by atoms with E-state index in [-0.39, 0.29) is 17.4 Å². The first-order chi connectivity index (χ1) is 14.4. The average molecular weight is 423 g/mol. The molecule has 0 saturated heterocycles. The number of hydrogen-bond donors (Lipinski definition) is 1. The van der Waals surface area contributed by atoms with Gasteiger partial charge in [-0.25, -0.2) is 0 Å². The van der Waals surface area contributed by atoms with Crippen molar-refractivity contribution in [3.05, 3.63) is 71.5 Å². The van der Waals surface area contributed by atoms with Crippen molar-refractivity contribution >= 4 is 29.1 Å². The number of aromatic nitrogens is 3. The molecule has 0 aliphatic rings. The molecule has 0 bridgehead atoms. The molecule has 30 heavy (non-hydrogen) atoms. The number of thioether (sulfide) groups is 1. The van der Waals surface area contributed by atoms with E-state index < -0.39 is 0 Å². The van der Waals surface area contributed by atoms with Crippen LogP contribution in [0.2, 0.25) is 0 Å². The largest absolute Gasteiger partial charge is 0.326 e. The van der Waals surface area contributed by atoms with E-state index in [2.05, 4.69) is 27.6 Å². The molecular weight excluding hydrogens is 396 g/mol. The van der Waals surface area contributed by atoms with Gasteiger partial charge in [0.15, 0.2) is 10.9 Å². The normalized spacial score (nSPS) is 10.9. The molecule has 0 aliphatic heterocycles. The second kappa shape index (κ2) is 10.2. The summed E-state index contributed by atoms with van der Waals surface area (Å²) in [5, 5.41) is 12.1. The van der Waals surface area contributed by atoms with Crippen molar-refractivity contribution in [2.45, 2.75) is 31.8 Å². The number of hydrogen-bond acceptors (Lipinski definition) is 5. The molecule has 1 aromatic heterocycles. The van der Waals surface area contributed by atoms with E-state index in [1.165, 1.54) is 17.3 Å². The number of nitrogens with one attached hydrogen (secondary N) is 1. The molecule has 1 heterocycles. The van der Waals surface area contributed by atoms with E-state index in [0.717, 1.165) is 5.82 Å². The van der Waals surface area contributed by atoms with Gasteiger partial charge in [-0.3, -0.25) is 9.59 Å². The van der Waals surface area contributed by atoms with Crippen molar-refractivity contribution in [1.82, 2.24) is 14.8 Å². The number of Topliss-reactive ketones (excluding diaryl/α,β-unsaturated/α-hetero) is 1. The van der Waals surface area contributed by atoms with Crippen LogP contribution in [0.3, 0.4) is 0 Å². The van der Waals surface area contributed by atoms with Crippen molar-refractivity contribution in [3.8, 4) is 0 Å². The molecule has 0 atom stereocenters. The third-order valence-electron chi connectivity index (χ3n) is 4.55. The number of anilines is 1. The van der Waals surface area contributed by atoms with E-state index in [4.69, 9.17) is 0 Å². The van der Waals surface area contributed by atoms with Gasteiger partial charge < -0.3 is 9.88 Å². The maximum atomic E-state index is 12.5. The van der Waals surface area contributed by atoms with Crippen LogP contribution in [-0.4, -0.2) is 32.2 Å². The molecule has 0 aliphatic carbocycles. The van der Waals surface area contributed by atoms with Gasteiger partial charge in [0.25, 0.3) is 0 Å². The molecule has 2 aromatic carbocycles. The van der Waals surface area contributed by atoms with Gasteiger partial charge in [-0.1, -0.05) is 55.9 Å². The Morgan fingerprint density at radius 1 is 1.03 bits per heavy atom. The van der Waals surface area contributed by atoms with Crippen LogP contribution < -0.4 is 5.32 Å². The van der Waals surface area contributed by atoms with Crippen LogP contribution in [0.25, 0.3) is 0 Å². The van der Waals surface area contributed by atoms with Crippen molar-refractivity contribution in [1.29, 1.82) is 0 Å². The number of benzene rings is 2. The standard InChI is InChI=1S/C23H26N4O2S/c1-16(2)13-22(29)24-19-11-9-18(10-12-19)20(28)15-30-23-26-25-21(27(23)3)14-17-7-5-4-6-8-17/h4-12,16H,13-15H2,1-3H3,(H,24,29). The first-order valence-electron chi connectivity index (χ1n) is 9.90. The molecule has 6 nitrogen and oxygen atoms in total. The number of nitrogens with zero attached hydrogens (tertiary/aromatic N) is 3. The lowest BCUT2D eigenvalue weighted by Crippen LogP contribution is -2.14. The number of rotatable bonds is 9. The van der Waals surface area contributed by atoms with Gasteiger partial charge in [-0.15, -0.1) is 10.2 Å². The lowest BCUT2D eigenvalue weighted by molar-refractivity contribution is -0.116. The topological polar surface area (TPSA) is 76.9 Å². The summed E-state index contributed by atoms with van der Waals surface area (Å²) >= 11 is 1.37. The summed E-state index contributed by atoms with van der Waals surface area (Å²) in [5.74, 6) is 1.42. The molecule has 7 heteroatoms. The zero-order chi connectivity index (χ0) is 21.5. The molecule has 3 aromatic rings. The SMILES string of the molecule is CC(C)CC(=O)Nc1ccc(C(=O)CSc2nnc(Cc3ccccc3)n2C)cc1. The fourth-order valence-electron chi connectivity index (χ4n) is 2.94.